The van der Waals surface area contributed by atoms with Crippen molar-refractivity contribution in [1.29, 1.82) is 0 Å². The summed E-state index contributed by atoms with van der Waals surface area (Å²) in [4.78, 5) is 17.0. The third-order valence-electron chi connectivity index (χ3n) is 5.13. The lowest BCUT2D eigenvalue weighted by atomic mass is 10.1. The molecule has 1 amide bonds. The second-order valence-corrected chi connectivity index (χ2v) is 8.68. The van der Waals surface area contributed by atoms with Crippen molar-refractivity contribution in [3.63, 3.8) is 0 Å². The van der Waals surface area contributed by atoms with E-state index in [9.17, 15) is 13.2 Å². The topological polar surface area (TPSA) is 57.7 Å². The molecule has 0 radical (unpaired) electrons. The molecular formula is C21H26N2O3S. The molecule has 5 nitrogen and oxygen atoms in total. The van der Waals surface area contributed by atoms with E-state index in [1.165, 1.54) is 4.90 Å². The van der Waals surface area contributed by atoms with Crippen LogP contribution < -0.4 is 0 Å². The molecule has 0 aromatic heterocycles. The van der Waals surface area contributed by atoms with E-state index < -0.39 is 15.2 Å². The summed E-state index contributed by atoms with van der Waals surface area (Å²) < 4.78 is 26.7. The molecule has 0 N–H and O–H groups in total. The molecule has 0 spiro atoms. The molecule has 1 atom stereocenters. The normalized spacial score (nSPS) is 16.8. The molecule has 2 aromatic rings. The van der Waals surface area contributed by atoms with E-state index in [0.717, 1.165) is 26.1 Å². The quantitative estimate of drug-likeness (QED) is 0.698. The number of hydrogen-bond donors (Lipinski definition) is 0. The van der Waals surface area contributed by atoms with Crippen LogP contribution in [0.4, 0.5) is 0 Å². The molecule has 27 heavy (non-hydrogen) atoms. The highest BCUT2D eigenvalue weighted by atomic mass is 32.2. The second-order valence-electron chi connectivity index (χ2n) is 6.68. The number of amides is 1. The largest absolute Gasteiger partial charge is 0.317 e. The van der Waals surface area contributed by atoms with Crippen LogP contribution >= 0.6 is 0 Å². The average Bonchev–Trinajstić information content (AvgIpc) is 2.99. The molecule has 6 heteroatoms. The number of carbonyl (C=O) groups excluding carboxylic acids is 1. The fourth-order valence-corrected chi connectivity index (χ4v) is 5.50. The van der Waals surface area contributed by atoms with Crippen molar-refractivity contribution in [2.24, 2.45) is 0 Å². The van der Waals surface area contributed by atoms with Crippen LogP contribution in [-0.4, -0.2) is 50.3 Å². The van der Waals surface area contributed by atoms with Crippen LogP contribution in [0.15, 0.2) is 59.5 Å². The van der Waals surface area contributed by atoms with Crippen molar-refractivity contribution in [2.45, 2.75) is 30.5 Å². The van der Waals surface area contributed by atoms with E-state index in [1.54, 1.807) is 54.6 Å². The van der Waals surface area contributed by atoms with Gasteiger partial charge in [0.2, 0.25) is 9.84 Å². The number of rotatable bonds is 8. The van der Waals surface area contributed by atoms with Crippen molar-refractivity contribution in [2.75, 3.05) is 26.2 Å². The number of benzene rings is 2. The van der Waals surface area contributed by atoms with Gasteiger partial charge in [-0.3, -0.25) is 4.79 Å². The average molecular weight is 387 g/mol. The zero-order valence-corrected chi connectivity index (χ0v) is 16.7. The lowest BCUT2D eigenvalue weighted by Crippen LogP contribution is -2.35. The number of hydrogen-bond acceptors (Lipinski definition) is 4. The molecule has 1 aliphatic rings. The fourth-order valence-electron chi connectivity index (χ4n) is 3.63. The maximum atomic E-state index is 13.4. The third kappa shape index (κ3) is 3.77. The van der Waals surface area contributed by atoms with Gasteiger partial charge in [-0.05, 0) is 44.3 Å². The SMILES string of the molecule is CCN(CC)CCCN1C(=O)c2ccccc2[C@H]1S(=O)(=O)c1ccccc1. The summed E-state index contributed by atoms with van der Waals surface area (Å²) in [7, 11) is -3.70. The summed E-state index contributed by atoms with van der Waals surface area (Å²) in [6, 6.07) is 15.4. The van der Waals surface area contributed by atoms with Crippen molar-refractivity contribution in [1.82, 2.24) is 9.80 Å². The Morgan fingerprint density at radius 3 is 2.26 bits per heavy atom. The molecule has 0 saturated heterocycles. The Morgan fingerprint density at radius 2 is 1.59 bits per heavy atom. The van der Waals surface area contributed by atoms with Crippen LogP contribution in [0.1, 0.15) is 41.6 Å². The van der Waals surface area contributed by atoms with Crippen LogP contribution in [0.5, 0.6) is 0 Å². The number of nitrogens with zero attached hydrogens (tertiary/aromatic N) is 2. The maximum Gasteiger partial charge on any atom is 0.255 e. The van der Waals surface area contributed by atoms with Gasteiger partial charge in [0.05, 0.1) is 4.90 Å². The van der Waals surface area contributed by atoms with E-state index in [-0.39, 0.29) is 10.8 Å². The minimum absolute atomic E-state index is 0.199. The Morgan fingerprint density at radius 1 is 0.963 bits per heavy atom. The Hall–Kier alpha value is -2.18. The molecule has 2 aromatic carbocycles. The van der Waals surface area contributed by atoms with Crippen molar-refractivity contribution >= 4 is 15.7 Å². The lowest BCUT2D eigenvalue weighted by Gasteiger charge is -2.26. The van der Waals surface area contributed by atoms with E-state index in [1.807, 2.05) is 0 Å². The van der Waals surface area contributed by atoms with Gasteiger partial charge in [-0.2, -0.15) is 0 Å². The number of carbonyl (C=O) groups is 1. The highest BCUT2D eigenvalue weighted by molar-refractivity contribution is 7.91. The van der Waals surface area contributed by atoms with Gasteiger partial charge in [0.1, 0.15) is 0 Å². The smallest absolute Gasteiger partial charge is 0.255 e. The molecule has 0 aliphatic carbocycles. The third-order valence-corrected chi connectivity index (χ3v) is 7.16. The molecular weight excluding hydrogens is 360 g/mol. The van der Waals surface area contributed by atoms with Crippen LogP contribution in [0.25, 0.3) is 0 Å². The monoisotopic (exact) mass is 386 g/mol. The van der Waals surface area contributed by atoms with Gasteiger partial charge in [-0.25, -0.2) is 8.42 Å². The molecule has 0 bridgehead atoms. The molecule has 144 valence electrons. The van der Waals surface area contributed by atoms with E-state index >= 15 is 0 Å². The number of sulfone groups is 1. The van der Waals surface area contributed by atoms with Crippen molar-refractivity contribution in [3.8, 4) is 0 Å². The summed E-state index contributed by atoms with van der Waals surface area (Å²) in [5.74, 6) is -0.199. The standard InChI is InChI=1S/C21H26N2O3S/c1-3-22(4-2)15-10-16-23-20(24)18-13-8-9-14-19(18)21(23)27(25,26)17-11-6-5-7-12-17/h5-9,11-14,21H,3-4,10,15-16H2,1-2H3/t21-/m1/s1. The molecule has 0 fully saturated rings. The van der Waals surface area contributed by atoms with Crippen LogP contribution in [0.2, 0.25) is 0 Å². The first kappa shape index (κ1) is 19.6. The summed E-state index contributed by atoms with van der Waals surface area (Å²) in [6.07, 6.45) is 0.738. The number of fused-ring (bicyclic) bond motifs is 1. The zero-order valence-electron chi connectivity index (χ0n) is 15.8. The fraction of sp³-hybridized carbons (Fsp3) is 0.381. The van der Waals surface area contributed by atoms with E-state index in [2.05, 4.69) is 18.7 Å². The Balaban J connectivity index is 1.93. The first-order valence-corrected chi connectivity index (χ1v) is 11.0. The zero-order chi connectivity index (χ0) is 19.4. The van der Waals surface area contributed by atoms with E-state index in [0.29, 0.717) is 17.7 Å². The summed E-state index contributed by atoms with van der Waals surface area (Å²) in [5, 5.41) is -0.958. The van der Waals surface area contributed by atoms with Crippen LogP contribution in [0, 0.1) is 0 Å². The van der Waals surface area contributed by atoms with Gasteiger partial charge in [0.25, 0.3) is 5.91 Å². The van der Waals surface area contributed by atoms with Gasteiger partial charge >= 0.3 is 0 Å². The Kier molecular flexibility index (Phi) is 5.97. The molecule has 3 rings (SSSR count). The summed E-state index contributed by atoms with van der Waals surface area (Å²) >= 11 is 0. The van der Waals surface area contributed by atoms with Crippen LogP contribution in [-0.2, 0) is 9.84 Å². The first-order valence-electron chi connectivity index (χ1n) is 9.41. The molecule has 1 heterocycles. The first-order chi connectivity index (χ1) is 13.0. The molecule has 0 saturated carbocycles. The van der Waals surface area contributed by atoms with Crippen molar-refractivity contribution in [3.05, 3.63) is 65.7 Å². The van der Waals surface area contributed by atoms with Crippen LogP contribution in [0.3, 0.4) is 0 Å². The van der Waals surface area contributed by atoms with E-state index in [4.69, 9.17) is 0 Å². The van der Waals surface area contributed by atoms with Gasteiger partial charge in [0.15, 0.2) is 5.37 Å². The maximum absolute atomic E-state index is 13.4. The summed E-state index contributed by atoms with van der Waals surface area (Å²) in [6.45, 7) is 7.34. The Labute approximate surface area is 161 Å². The van der Waals surface area contributed by atoms with Gasteiger partial charge in [-0.15, -0.1) is 0 Å². The van der Waals surface area contributed by atoms with Gasteiger partial charge < -0.3 is 9.80 Å². The highest BCUT2D eigenvalue weighted by Crippen LogP contribution is 2.40. The minimum Gasteiger partial charge on any atom is -0.317 e. The minimum atomic E-state index is -3.70. The molecule has 0 unspecified atom stereocenters. The summed E-state index contributed by atoms with van der Waals surface area (Å²) in [5.41, 5.74) is 1.07. The second kappa shape index (κ2) is 8.23. The van der Waals surface area contributed by atoms with Gasteiger partial charge in [0, 0.05) is 17.7 Å². The highest BCUT2D eigenvalue weighted by Gasteiger charge is 2.44. The molecule has 1 aliphatic heterocycles. The van der Waals surface area contributed by atoms with Crippen molar-refractivity contribution < 1.29 is 13.2 Å². The predicted octanol–water partition coefficient (Wildman–Crippen LogP) is 3.35. The predicted molar refractivity (Wildman–Crippen MR) is 106 cm³/mol. The van der Waals surface area contributed by atoms with Gasteiger partial charge in [-0.1, -0.05) is 50.2 Å². The lowest BCUT2D eigenvalue weighted by molar-refractivity contribution is 0.0761. The Bertz CT molecular complexity index is 893.